The first kappa shape index (κ1) is 15.0. The van der Waals surface area contributed by atoms with E-state index in [4.69, 9.17) is 0 Å². The van der Waals surface area contributed by atoms with Crippen LogP contribution in [0.3, 0.4) is 0 Å². The van der Waals surface area contributed by atoms with Crippen LogP contribution >= 0.6 is 0 Å². The van der Waals surface area contributed by atoms with E-state index in [-0.39, 0.29) is 11.3 Å². The van der Waals surface area contributed by atoms with Crippen LogP contribution in [-0.4, -0.2) is 32.5 Å². The average Bonchev–Trinajstić information content (AvgIpc) is 2.26. The van der Waals surface area contributed by atoms with Gasteiger partial charge in [0.1, 0.15) is 0 Å². The molecule has 2 atom stereocenters. The van der Waals surface area contributed by atoms with E-state index in [2.05, 4.69) is 5.32 Å². The van der Waals surface area contributed by atoms with Crippen molar-refractivity contribution in [2.24, 2.45) is 0 Å². The first-order valence-electron chi connectivity index (χ1n) is 7.00. The lowest BCUT2D eigenvalue weighted by Gasteiger charge is -2.28. The molecule has 1 N–H and O–H groups in total. The Hall–Kier alpha value is -0.0900. The largest absolute Gasteiger partial charge is 0.316 e. The minimum absolute atomic E-state index is 0.153. The van der Waals surface area contributed by atoms with Crippen molar-refractivity contribution in [3.05, 3.63) is 0 Å². The van der Waals surface area contributed by atoms with Crippen molar-refractivity contribution in [2.75, 3.05) is 12.8 Å². The Labute approximate surface area is 106 Å². The summed E-state index contributed by atoms with van der Waals surface area (Å²) < 4.78 is 24.7. The fraction of sp³-hybridized carbons (Fsp3) is 1.00. The fourth-order valence-electron chi connectivity index (χ4n) is 2.71. The molecule has 3 nitrogen and oxygen atoms in total. The third kappa shape index (κ3) is 4.59. The summed E-state index contributed by atoms with van der Waals surface area (Å²) in [6.07, 6.45) is 8.27. The molecule has 17 heavy (non-hydrogen) atoms. The Balaban J connectivity index is 2.73. The monoisotopic (exact) mass is 261 g/mol. The molecule has 0 heterocycles. The van der Waals surface area contributed by atoms with Gasteiger partial charge in [-0.25, -0.2) is 8.42 Å². The minimum Gasteiger partial charge on any atom is -0.316 e. The molecule has 1 aliphatic rings. The van der Waals surface area contributed by atoms with Crippen molar-refractivity contribution >= 4 is 9.84 Å². The van der Waals surface area contributed by atoms with Gasteiger partial charge in [-0.2, -0.15) is 0 Å². The van der Waals surface area contributed by atoms with E-state index in [9.17, 15) is 8.42 Å². The number of unbranched alkanes of at least 4 members (excludes halogenated alkanes) is 1. The van der Waals surface area contributed by atoms with Crippen LogP contribution in [0.25, 0.3) is 0 Å². The van der Waals surface area contributed by atoms with Crippen molar-refractivity contribution in [1.29, 1.82) is 0 Å². The zero-order valence-corrected chi connectivity index (χ0v) is 12.1. The smallest absolute Gasteiger partial charge is 0.154 e. The van der Waals surface area contributed by atoms with Gasteiger partial charge >= 0.3 is 0 Å². The lowest BCUT2D eigenvalue weighted by Crippen LogP contribution is -2.44. The van der Waals surface area contributed by atoms with Crippen LogP contribution in [0.1, 0.15) is 58.3 Å². The first-order chi connectivity index (χ1) is 8.11. The molecule has 0 bridgehead atoms. The van der Waals surface area contributed by atoms with Gasteiger partial charge in [-0.3, -0.25) is 0 Å². The fourth-order valence-corrected chi connectivity index (χ4v) is 5.00. The maximum absolute atomic E-state index is 12.3. The summed E-state index contributed by atoms with van der Waals surface area (Å²) in [5, 5.41) is 3.07. The predicted molar refractivity (Wildman–Crippen MR) is 73.0 cm³/mol. The molecule has 0 aliphatic heterocycles. The summed E-state index contributed by atoms with van der Waals surface area (Å²) in [5.74, 6) is 0.367. The minimum atomic E-state index is -2.91. The highest BCUT2D eigenvalue weighted by atomic mass is 32.2. The normalized spacial score (nSPS) is 27.4. The zero-order chi connectivity index (χ0) is 12.7. The van der Waals surface area contributed by atoms with Crippen LogP contribution in [0.5, 0.6) is 0 Å². The second-order valence-corrected chi connectivity index (χ2v) is 7.49. The van der Waals surface area contributed by atoms with Crippen LogP contribution in [0.15, 0.2) is 0 Å². The maximum atomic E-state index is 12.3. The van der Waals surface area contributed by atoms with Gasteiger partial charge in [0.15, 0.2) is 9.84 Å². The zero-order valence-electron chi connectivity index (χ0n) is 11.2. The Morgan fingerprint density at radius 3 is 2.35 bits per heavy atom. The molecule has 102 valence electrons. The number of sulfone groups is 1. The van der Waals surface area contributed by atoms with Crippen molar-refractivity contribution < 1.29 is 8.42 Å². The standard InChI is InChI=1S/C13H27NO2S/c1-3-4-11-17(15,16)13-10-8-6-5-7-9-12(13)14-2/h12-14H,3-11H2,1-2H3. The van der Waals surface area contributed by atoms with Crippen molar-refractivity contribution in [3.63, 3.8) is 0 Å². The molecule has 0 radical (unpaired) electrons. The van der Waals surface area contributed by atoms with E-state index in [0.29, 0.717) is 5.75 Å². The maximum Gasteiger partial charge on any atom is 0.154 e. The molecule has 0 amide bonds. The average molecular weight is 261 g/mol. The van der Waals surface area contributed by atoms with Gasteiger partial charge in [0.2, 0.25) is 0 Å². The SMILES string of the molecule is CCCCS(=O)(=O)C1CCCCCCC1NC. The third-order valence-electron chi connectivity index (χ3n) is 3.82. The van der Waals surface area contributed by atoms with Crippen LogP contribution in [-0.2, 0) is 9.84 Å². The lowest BCUT2D eigenvalue weighted by molar-refractivity contribution is 0.405. The number of nitrogens with one attached hydrogen (secondary N) is 1. The number of hydrogen-bond donors (Lipinski definition) is 1. The Morgan fingerprint density at radius 2 is 1.76 bits per heavy atom. The van der Waals surface area contributed by atoms with Gasteiger partial charge in [-0.05, 0) is 26.3 Å². The molecular weight excluding hydrogens is 234 g/mol. The second-order valence-electron chi connectivity index (χ2n) is 5.15. The van der Waals surface area contributed by atoms with Crippen LogP contribution in [0.4, 0.5) is 0 Å². The van der Waals surface area contributed by atoms with Crippen molar-refractivity contribution in [1.82, 2.24) is 5.32 Å². The van der Waals surface area contributed by atoms with E-state index < -0.39 is 9.84 Å². The van der Waals surface area contributed by atoms with Gasteiger partial charge in [0, 0.05) is 6.04 Å². The molecule has 0 aromatic carbocycles. The van der Waals surface area contributed by atoms with Crippen LogP contribution in [0, 0.1) is 0 Å². The van der Waals surface area contributed by atoms with Gasteiger partial charge < -0.3 is 5.32 Å². The van der Waals surface area contributed by atoms with Gasteiger partial charge in [-0.15, -0.1) is 0 Å². The Morgan fingerprint density at radius 1 is 1.12 bits per heavy atom. The number of hydrogen-bond acceptors (Lipinski definition) is 3. The van der Waals surface area contributed by atoms with E-state index in [1.807, 2.05) is 14.0 Å². The molecule has 4 heteroatoms. The molecule has 0 aromatic rings. The molecule has 1 rings (SSSR count). The highest BCUT2D eigenvalue weighted by Gasteiger charge is 2.32. The quantitative estimate of drug-likeness (QED) is 0.827. The summed E-state index contributed by atoms with van der Waals surface area (Å²) >= 11 is 0. The van der Waals surface area contributed by atoms with Crippen molar-refractivity contribution in [3.8, 4) is 0 Å². The van der Waals surface area contributed by atoms with Gasteiger partial charge in [0.25, 0.3) is 0 Å². The van der Waals surface area contributed by atoms with E-state index in [1.54, 1.807) is 0 Å². The summed E-state index contributed by atoms with van der Waals surface area (Å²) in [5.41, 5.74) is 0. The molecule has 1 saturated carbocycles. The van der Waals surface area contributed by atoms with Crippen LogP contribution < -0.4 is 5.32 Å². The highest BCUT2D eigenvalue weighted by molar-refractivity contribution is 7.92. The number of rotatable bonds is 5. The topological polar surface area (TPSA) is 46.2 Å². The Kier molecular flexibility index (Phi) is 6.49. The lowest BCUT2D eigenvalue weighted by atomic mass is 9.96. The van der Waals surface area contributed by atoms with E-state index >= 15 is 0 Å². The highest BCUT2D eigenvalue weighted by Crippen LogP contribution is 2.24. The van der Waals surface area contributed by atoms with Gasteiger partial charge in [-0.1, -0.05) is 39.0 Å². The molecule has 0 saturated heterocycles. The third-order valence-corrected chi connectivity index (χ3v) is 6.16. The first-order valence-corrected chi connectivity index (χ1v) is 8.72. The predicted octanol–water partition coefficient (Wildman–Crippen LogP) is 2.51. The molecular formula is C13H27NO2S. The molecule has 0 aromatic heterocycles. The van der Waals surface area contributed by atoms with E-state index in [1.165, 1.54) is 12.8 Å². The van der Waals surface area contributed by atoms with Crippen LogP contribution in [0.2, 0.25) is 0 Å². The summed E-state index contributed by atoms with van der Waals surface area (Å²) in [6.45, 7) is 2.04. The van der Waals surface area contributed by atoms with Crippen molar-refractivity contribution in [2.45, 2.75) is 69.6 Å². The second kappa shape index (κ2) is 7.37. The molecule has 1 aliphatic carbocycles. The Bertz CT molecular complexity index is 301. The summed E-state index contributed by atoms with van der Waals surface area (Å²) in [4.78, 5) is 0. The molecule has 1 fully saturated rings. The summed E-state index contributed by atoms with van der Waals surface area (Å²) in [6, 6.07) is 0.164. The van der Waals surface area contributed by atoms with E-state index in [0.717, 1.165) is 38.5 Å². The molecule has 2 unspecified atom stereocenters. The molecule has 0 spiro atoms. The van der Waals surface area contributed by atoms with Gasteiger partial charge in [0.05, 0.1) is 11.0 Å². The summed E-state index contributed by atoms with van der Waals surface area (Å²) in [7, 11) is -1.01.